The van der Waals surface area contributed by atoms with Crippen LogP contribution in [0.4, 0.5) is 5.69 Å². The molecule has 1 N–H and O–H groups in total. The van der Waals surface area contributed by atoms with Crippen molar-refractivity contribution in [2.24, 2.45) is 0 Å². The summed E-state index contributed by atoms with van der Waals surface area (Å²) in [5, 5.41) is 3.45. The minimum atomic E-state index is 0.138. The predicted octanol–water partition coefficient (Wildman–Crippen LogP) is 2.46. The molecule has 4 heteroatoms. The van der Waals surface area contributed by atoms with Crippen molar-refractivity contribution in [1.29, 1.82) is 0 Å². The van der Waals surface area contributed by atoms with Gasteiger partial charge in [0, 0.05) is 19.3 Å². The van der Waals surface area contributed by atoms with Gasteiger partial charge in [-0.1, -0.05) is 0 Å². The van der Waals surface area contributed by atoms with Gasteiger partial charge in [-0.15, -0.1) is 0 Å². The number of anilines is 1. The smallest absolute Gasteiger partial charge is 0.237 e. The number of rotatable bonds is 5. The van der Waals surface area contributed by atoms with Crippen molar-refractivity contribution in [2.45, 2.75) is 44.9 Å². The van der Waals surface area contributed by atoms with Gasteiger partial charge in [0.2, 0.25) is 5.88 Å². The van der Waals surface area contributed by atoms with E-state index in [1.54, 1.807) is 13.3 Å². The molecule has 2 rings (SSSR count). The minimum absolute atomic E-state index is 0.138. The first-order chi connectivity index (χ1) is 8.19. The second kappa shape index (κ2) is 5.36. The van der Waals surface area contributed by atoms with E-state index in [-0.39, 0.29) is 6.10 Å². The number of methoxy groups -OCH3 is 1. The summed E-state index contributed by atoms with van der Waals surface area (Å²) in [6.45, 7) is 4.01. The molecule has 1 saturated carbocycles. The number of hydrogen-bond acceptors (Lipinski definition) is 4. The van der Waals surface area contributed by atoms with Crippen LogP contribution in [0.25, 0.3) is 0 Å². The first kappa shape index (κ1) is 12.2. The standard InChI is InChI=1S/C13H20N2O2/c1-9(2)17-13-12(5-4-6-14-13)15-10-7-11(8-10)16-3/h4-6,9-11,15H,7-8H2,1-3H3. The highest BCUT2D eigenvalue weighted by Gasteiger charge is 2.29. The summed E-state index contributed by atoms with van der Waals surface area (Å²) >= 11 is 0. The molecule has 0 spiro atoms. The zero-order chi connectivity index (χ0) is 12.3. The summed E-state index contributed by atoms with van der Waals surface area (Å²) < 4.78 is 10.9. The van der Waals surface area contributed by atoms with Crippen molar-refractivity contribution in [1.82, 2.24) is 4.98 Å². The second-order valence-corrected chi connectivity index (χ2v) is 4.69. The number of ether oxygens (including phenoxy) is 2. The highest BCUT2D eigenvalue weighted by molar-refractivity contribution is 5.53. The largest absolute Gasteiger partial charge is 0.473 e. The van der Waals surface area contributed by atoms with E-state index >= 15 is 0 Å². The van der Waals surface area contributed by atoms with E-state index in [2.05, 4.69) is 10.3 Å². The molecule has 0 bridgehead atoms. The Balaban J connectivity index is 1.96. The lowest BCUT2D eigenvalue weighted by atomic mass is 9.89. The van der Waals surface area contributed by atoms with Crippen LogP contribution in [0.5, 0.6) is 5.88 Å². The maximum atomic E-state index is 5.66. The van der Waals surface area contributed by atoms with Gasteiger partial charge < -0.3 is 14.8 Å². The van der Waals surface area contributed by atoms with Crippen LogP contribution in [-0.2, 0) is 4.74 Å². The fraction of sp³-hybridized carbons (Fsp3) is 0.615. The van der Waals surface area contributed by atoms with Gasteiger partial charge in [0.25, 0.3) is 0 Å². The Morgan fingerprint density at radius 1 is 1.41 bits per heavy atom. The molecule has 1 aromatic heterocycles. The van der Waals surface area contributed by atoms with E-state index in [1.807, 2.05) is 26.0 Å². The molecular weight excluding hydrogens is 216 g/mol. The molecule has 0 unspecified atom stereocenters. The van der Waals surface area contributed by atoms with Gasteiger partial charge in [-0.05, 0) is 38.8 Å². The van der Waals surface area contributed by atoms with Gasteiger partial charge in [0.1, 0.15) is 0 Å². The van der Waals surface area contributed by atoms with Crippen LogP contribution in [0.2, 0.25) is 0 Å². The molecule has 1 heterocycles. The van der Waals surface area contributed by atoms with Gasteiger partial charge >= 0.3 is 0 Å². The summed E-state index contributed by atoms with van der Waals surface area (Å²) in [7, 11) is 1.76. The van der Waals surface area contributed by atoms with E-state index in [4.69, 9.17) is 9.47 Å². The molecule has 4 nitrogen and oxygen atoms in total. The number of nitrogens with one attached hydrogen (secondary N) is 1. The fourth-order valence-corrected chi connectivity index (χ4v) is 1.91. The molecule has 0 radical (unpaired) electrons. The van der Waals surface area contributed by atoms with Crippen LogP contribution in [0.15, 0.2) is 18.3 Å². The second-order valence-electron chi connectivity index (χ2n) is 4.69. The Bertz CT molecular complexity index is 362. The molecule has 17 heavy (non-hydrogen) atoms. The van der Waals surface area contributed by atoms with E-state index in [1.165, 1.54) is 0 Å². The first-order valence-electron chi connectivity index (χ1n) is 6.10. The van der Waals surface area contributed by atoms with Gasteiger partial charge in [-0.25, -0.2) is 4.98 Å². The highest BCUT2D eigenvalue weighted by Crippen LogP contribution is 2.29. The predicted molar refractivity (Wildman–Crippen MR) is 67.4 cm³/mol. The zero-order valence-corrected chi connectivity index (χ0v) is 10.6. The van der Waals surface area contributed by atoms with Crippen molar-refractivity contribution >= 4 is 5.69 Å². The molecule has 1 fully saturated rings. The molecule has 0 amide bonds. The molecule has 0 saturated heterocycles. The van der Waals surface area contributed by atoms with Crippen LogP contribution < -0.4 is 10.1 Å². The monoisotopic (exact) mass is 236 g/mol. The average molecular weight is 236 g/mol. The van der Waals surface area contributed by atoms with E-state index < -0.39 is 0 Å². The number of aromatic nitrogens is 1. The van der Waals surface area contributed by atoms with Crippen molar-refractivity contribution < 1.29 is 9.47 Å². The minimum Gasteiger partial charge on any atom is -0.473 e. The molecule has 1 aliphatic rings. The number of nitrogens with zero attached hydrogens (tertiary/aromatic N) is 1. The Morgan fingerprint density at radius 2 is 2.18 bits per heavy atom. The lowest BCUT2D eigenvalue weighted by Gasteiger charge is -2.35. The number of pyridine rings is 1. The van der Waals surface area contributed by atoms with Crippen LogP contribution in [0, 0.1) is 0 Å². The molecule has 1 aliphatic carbocycles. The van der Waals surface area contributed by atoms with Crippen molar-refractivity contribution in [3.8, 4) is 5.88 Å². The molecular formula is C13H20N2O2. The molecule has 0 aromatic carbocycles. The molecule has 1 aromatic rings. The van der Waals surface area contributed by atoms with Crippen molar-refractivity contribution in [3.05, 3.63) is 18.3 Å². The Hall–Kier alpha value is -1.29. The molecule has 94 valence electrons. The normalized spacial score (nSPS) is 23.3. The highest BCUT2D eigenvalue weighted by atomic mass is 16.5. The summed E-state index contributed by atoms with van der Waals surface area (Å²) in [5.74, 6) is 0.684. The molecule has 0 atom stereocenters. The van der Waals surface area contributed by atoms with Crippen molar-refractivity contribution in [2.75, 3.05) is 12.4 Å². The first-order valence-corrected chi connectivity index (χ1v) is 6.10. The summed E-state index contributed by atoms with van der Waals surface area (Å²) in [4.78, 5) is 4.25. The van der Waals surface area contributed by atoms with Gasteiger partial charge in [0.15, 0.2) is 0 Å². The quantitative estimate of drug-likeness (QED) is 0.853. The van der Waals surface area contributed by atoms with E-state index in [9.17, 15) is 0 Å². The Kier molecular flexibility index (Phi) is 3.84. The summed E-state index contributed by atoms with van der Waals surface area (Å²) in [6, 6.07) is 4.39. The van der Waals surface area contributed by atoms with Crippen LogP contribution >= 0.6 is 0 Å². The Labute approximate surface area is 102 Å². The SMILES string of the molecule is COC1CC(Nc2cccnc2OC(C)C)C1. The summed E-state index contributed by atoms with van der Waals surface area (Å²) in [6.07, 6.45) is 4.39. The molecule has 0 aliphatic heterocycles. The van der Waals surface area contributed by atoms with Gasteiger partial charge in [-0.3, -0.25) is 0 Å². The third-order valence-corrected chi connectivity index (χ3v) is 2.91. The topological polar surface area (TPSA) is 43.4 Å². The van der Waals surface area contributed by atoms with Gasteiger partial charge in [-0.2, -0.15) is 0 Å². The average Bonchev–Trinajstić information content (AvgIpc) is 2.24. The summed E-state index contributed by atoms with van der Waals surface area (Å²) in [5.41, 5.74) is 0.973. The van der Waals surface area contributed by atoms with Gasteiger partial charge in [0.05, 0.1) is 17.9 Å². The maximum Gasteiger partial charge on any atom is 0.237 e. The third kappa shape index (κ3) is 3.09. The lowest BCUT2D eigenvalue weighted by Crippen LogP contribution is -2.40. The Morgan fingerprint density at radius 3 is 2.82 bits per heavy atom. The maximum absolute atomic E-state index is 5.66. The van der Waals surface area contributed by atoms with Crippen LogP contribution in [-0.4, -0.2) is 30.3 Å². The van der Waals surface area contributed by atoms with Crippen LogP contribution in [0.1, 0.15) is 26.7 Å². The fourth-order valence-electron chi connectivity index (χ4n) is 1.91. The van der Waals surface area contributed by atoms with E-state index in [0.29, 0.717) is 18.0 Å². The van der Waals surface area contributed by atoms with Crippen molar-refractivity contribution in [3.63, 3.8) is 0 Å². The third-order valence-electron chi connectivity index (χ3n) is 2.91. The zero-order valence-electron chi connectivity index (χ0n) is 10.6. The van der Waals surface area contributed by atoms with E-state index in [0.717, 1.165) is 18.5 Å². The lowest BCUT2D eigenvalue weighted by molar-refractivity contribution is 0.0327. The number of hydrogen-bond donors (Lipinski definition) is 1. The van der Waals surface area contributed by atoms with Crippen LogP contribution in [0.3, 0.4) is 0 Å².